The molecule has 0 aliphatic carbocycles. The van der Waals surface area contributed by atoms with Crippen LogP contribution < -0.4 is 10.5 Å². The minimum atomic E-state index is -0.340. The average Bonchev–Trinajstić information content (AvgIpc) is 2.41. The zero-order valence-corrected chi connectivity index (χ0v) is 6.43. The molecule has 0 radical (unpaired) electrons. The summed E-state index contributed by atoms with van der Waals surface area (Å²) in [5.41, 5.74) is 6.78. The number of rotatable bonds is 1. The third kappa shape index (κ3) is 0.883. The maximum absolute atomic E-state index is 10.8. The number of primary amides is 1. The van der Waals surface area contributed by atoms with Crippen molar-refractivity contribution in [3.63, 3.8) is 0 Å². The molecule has 1 aromatic heterocycles. The van der Waals surface area contributed by atoms with Crippen molar-refractivity contribution in [2.75, 3.05) is 6.61 Å². The lowest BCUT2D eigenvalue weighted by Crippen LogP contribution is -2.21. The van der Waals surface area contributed by atoms with Gasteiger partial charge in [0.1, 0.15) is 12.5 Å². The number of thiazole rings is 1. The van der Waals surface area contributed by atoms with Gasteiger partial charge in [0.05, 0.1) is 10.4 Å². The highest BCUT2D eigenvalue weighted by molar-refractivity contribution is 7.10. The monoisotopic (exact) mass is 170 g/mol. The Labute approximate surface area is 67.0 Å². The number of carbonyl (C=O) groups excluding carboxylic acids is 1. The molecule has 0 spiro atoms. The van der Waals surface area contributed by atoms with Gasteiger partial charge in [-0.1, -0.05) is 0 Å². The largest absolute Gasteiger partial charge is 0.476 e. The van der Waals surface area contributed by atoms with E-state index >= 15 is 0 Å². The third-order valence-corrected chi connectivity index (χ3v) is 2.53. The number of fused-ring (bicyclic) bond motifs is 1. The van der Waals surface area contributed by atoms with Crippen molar-refractivity contribution in [3.05, 3.63) is 10.4 Å². The summed E-state index contributed by atoms with van der Waals surface area (Å²) in [6.45, 7) is 0.352. The van der Waals surface area contributed by atoms with E-state index in [-0.39, 0.29) is 11.8 Å². The van der Waals surface area contributed by atoms with Gasteiger partial charge in [-0.05, 0) is 0 Å². The van der Waals surface area contributed by atoms with Gasteiger partial charge in [0.25, 0.3) is 0 Å². The number of aromatic nitrogens is 1. The fourth-order valence-corrected chi connectivity index (χ4v) is 1.86. The second-order valence-electron chi connectivity index (χ2n) is 2.29. The van der Waals surface area contributed by atoms with Crippen LogP contribution in [0.5, 0.6) is 5.88 Å². The van der Waals surface area contributed by atoms with Crippen LogP contribution in [0.2, 0.25) is 0 Å². The Morgan fingerprint density at radius 1 is 1.91 bits per heavy atom. The van der Waals surface area contributed by atoms with Gasteiger partial charge in [-0.25, -0.2) is 4.98 Å². The van der Waals surface area contributed by atoms with E-state index < -0.39 is 0 Å². The summed E-state index contributed by atoms with van der Waals surface area (Å²) >= 11 is 1.41. The van der Waals surface area contributed by atoms with Crippen LogP contribution in [0.4, 0.5) is 0 Å². The molecular formula is C6H6N2O2S. The van der Waals surface area contributed by atoms with E-state index in [0.717, 1.165) is 4.88 Å². The first-order chi connectivity index (χ1) is 5.29. The number of hydrogen-bond donors (Lipinski definition) is 1. The Balaban J connectivity index is 2.38. The number of nitrogens with two attached hydrogens (primary N) is 1. The molecule has 1 amide bonds. The second-order valence-corrected chi connectivity index (χ2v) is 3.17. The Morgan fingerprint density at radius 3 is 3.45 bits per heavy atom. The number of hydrogen-bond acceptors (Lipinski definition) is 4. The van der Waals surface area contributed by atoms with Gasteiger partial charge in [-0.15, -0.1) is 11.3 Å². The fourth-order valence-electron chi connectivity index (χ4n) is 1.03. The summed E-state index contributed by atoms with van der Waals surface area (Å²) in [6, 6.07) is 0. The van der Waals surface area contributed by atoms with Crippen molar-refractivity contribution in [3.8, 4) is 5.88 Å². The summed E-state index contributed by atoms with van der Waals surface area (Å²) in [7, 11) is 0. The minimum absolute atomic E-state index is 0.280. The highest BCUT2D eigenvalue weighted by Crippen LogP contribution is 2.35. The molecule has 0 aromatic carbocycles. The van der Waals surface area contributed by atoms with Crippen molar-refractivity contribution in [1.82, 2.24) is 4.98 Å². The molecule has 1 atom stereocenters. The standard InChI is InChI=1S/C6H6N2O2S/c7-5(9)3-1-10-6-4(3)11-2-8-6/h2-3H,1H2,(H2,7,9). The van der Waals surface area contributed by atoms with E-state index in [1.54, 1.807) is 5.51 Å². The van der Waals surface area contributed by atoms with Crippen molar-refractivity contribution in [1.29, 1.82) is 0 Å². The van der Waals surface area contributed by atoms with Crippen LogP contribution in [-0.2, 0) is 4.79 Å². The molecule has 0 fully saturated rings. The molecule has 2 heterocycles. The van der Waals surface area contributed by atoms with Gasteiger partial charge in [0.2, 0.25) is 11.8 Å². The minimum Gasteiger partial charge on any atom is -0.476 e. The van der Waals surface area contributed by atoms with Crippen molar-refractivity contribution >= 4 is 17.2 Å². The van der Waals surface area contributed by atoms with Gasteiger partial charge >= 0.3 is 0 Å². The quantitative estimate of drug-likeness (QED) is 0.650. The summed E-state index contributed by atoms with van der Waals surface area (Å²) in [4.78, 5) is 15.6. The fraction of sp³-hybridized carbons (Fsp3) is 0.333. The zero-order chi connectivity index (χ0) is 7.84. The van der Waals surface area contributed by atoms with Gasteiger partial charge < -0.3 is 10.5 Å². The predicted octanol–water partition coefficient (Wildman–Crippen LogP) is 0.104. The van der Waals surface area contributed by atoms with E-state index in [1.807, 2.05) is 0 Å². The van der Waals surface area contributed by atoms with E-state index in [9.17, 15) is 4.79 Å². The second kappa shape index (κ2) is 2.20. The van der Waals surface area contributed by atoms with Crippen molar-refractivity contribution < 1.29 is 9.53 Å². The van der Waals surface area contributed by atoms with Crippen LogP contribution in [-0.4, -0.2) is 17.5 Å². The lowest BCUT2D eigenvalue weighted by molar-refractivity contribution is -0.119. The molecule has 5 heteroatoms. The SMILES string of the molecule is NC(=O)C1COc2ncsc21. The molecule has 0 saturated heterocycles. The van der Waals surface area contributed by atoms with Crippen LogP contribution >= 0.6 is 11.3 Å². The third-order valence-electron chi connectivity index (χ3n) is 1.61. The molecule has 2 rings (SSSR count). The van der Waals surface area contributed by atoms with Crippen molar-refractivity contribution in [2.24, 2.45) is 5.73 Å². The first kappa shape index (κ1) is 6.60. The lowest BCUT2D eigenvalue weighted by Gasteiger charge is -1.98. The Kier molecular flexibility index (Phi) is 1.32. The van der Waals surface area contributed by atoms with Gasteiger partial charge in [-0.3, -0.25) is 4.79 Å². The van der Waals surface area contributed by atoms with Crippen LogP contribution in [0.1, 0.15) is 10.8 Å². The molecule has 0 bridgehead atoms. The number of amides is 1. The summed E-state index contributed by atoms with van der Waals surface area (Å²) in [5.74, 6) is -0.0516. The molecule has 1 aliphatic heterocycles. The van der Waals surface area contributed by atoms with Crippen LogP contribution in [0.25, 0.3) is 0 Å². The topological polar surface area (TPSA) is 65.2 Å². The Bertz CT molecular complexity index is 297. The molecule has 0 saturated carbocycles. The van der Waals surface area contributed by atoms with Gasteiger partial charge in [-0.2, -0.15) is 0 Å². The summed E-state index contributed by atoms with van der Waals surface area (Å²) < 4.78 is 5.11. The highest BCUT2D eigenvalue weighted by Gasteiger charge is 2.31. The number of nitrogens with zero attached hydrogens (tertiary/aromatic N) is 1. The van der Waals surface area contributed by atoms with E-state index in [0.29, 0.717) is 12.5 Å². The molecule has 11 heavy (non-hydrogen) atoms. The van der Waals surface area contributed by atoms with E-state index in [1.165, 1.54) is 11.3 Å². The maximum atomic E-state index is 10.8. The summed E-state index contributed by atoms with van der Waals surface area (Å²) in [5, 5.41) is 0. The van der Waals surface area contributed by atoms with Crippen LogP contribution in [0.15, 0.2) is 5.51 Å². The molecular weight excluding hydrogens is 164 g/mol. The summed E-state index contributed by atoms with van der Waals surface area (Å²) in [6.07, 6.45) is 0. The van der Waals surface area contributed by atoms with Crippen molar-refractivity contribution in [2.45, 2.75) is 5.92 Å². The maximum Gasteiger partial charge on any atom is 0.229 e. The van der Waals surface area contributed by atoms with Gasteiger partial charge in [0.15, 0.2) is 0 Å². The molecule has 58 valence electrons. The van der Waals surface area contributed by atoms with Crippen LogP contribution in [0.3, 0.4) is 0 Å². The zero-order valence-electron chi connectivity index (χ0n) is 5.61. The number of ether oxygens (including phenoxy) is 1. The Hall–Kier alpha value is -1.10. The molecule has 2 N–H and O–H groups in total. The molecule has 1 unspecified atom stereocenters. The predicted molar refractivity (Wildman–Crippen MR) is 39.5 cm³/mol. The number of carbonyl (C=O) groups is 1. The average molecular weight is 170 g/mol. The van der Waals surface area contributed by atoms with E-state index in [4.69, 9.17) is 10.5 Å². The first-order valence-corrected chi connectivity index (χ1v) is 4.02. The van der Waals surface area contributed by atoms with Crippen LogP contribution in [0, 0.1) is 0 Å². The normalized spacial score (nSPS) is 20.9. The smallest absolute Gasteiger partial charge is 0.229 e. The lowest BCUT2D eigenvalue weighted by atomic mass is 10.1. The van der Waals surface area contributed by atoms with Gasteiger partial charge in [0, 0.05) is 0 Å². The first-order valence-electron chi connectivity index (χ1n) is 3.14. The molecule has 4 nitrogen and oxygen atoms in total. The molecule has 1 aliphatic rings. The van der Waals surface area contributed by atoms with E-state index in [2.05, 4.69) is 4.98 Å². The Morgan fingerprint density at radius 2 is 2.73 bits per heavy atom. The highest BCUT2D eigenvalue weighted by atomic mass is 32.1. The molecule has 1 aromatic rings.